The number of azo groups is 2. The predicted molar refractivity (Wildman–Crippen MR) is 324 cm³/mol. The van der Waals surface area contributed by atoms with Gasteiger partial charge in [-0.25, -0.2) is 50.5 Å². The van der Waals surface area contributed by atoms with E-state index in [0.29, 0.717) is 6.07 Å². The summed E-state index contributed by atoms with van der Waals surface area (Å²) >= 11 is 6.53. The molecule has 0 radical (unpaired) electrons. The van der Waals surface area contributed by atoms with E-state index in [9.17, 15) is 79.2 Å². The molecule has 56 heteroatoms. The van der Waals surface area contributed by atoms with Crippen LogP contribution in [0.1, 0.15) is 0 Å². The fourth-order valence-electron chi connectivity index (χ4n) is 7.51. The van der Waals surface area contributed by atoms with Crippen molar-refractivity contribution in [2.24, 2.45) is 20.5 Å². The molecule has 41 nitrogen and oxygen atoms in total. The van der Waals surface area contributed by atoms with Gasteiger partial charge >= 0.3 is 177 Å². The number of nitrogen functional groups attached to an aromatic ring is 2. The van der Waals surface area contributed by atoms with Gasteiger partial charge in [-0.1, -0.05) is 6.07 Å². The Morgan fingerprint density at radius 3 is 1.35 bits per heavy atom. The molecule has 6 aromatic carbocycles. The van der Waals surface area contributed by atoms with Crippen molar-refractivity contribution in [3.05, 3.63) is 121 Å². The van der Waals surface area contributed by atoms with Gasteiger partial charge in [0.25, 0.3) is 0 Å². The van der Waals surface area contributed by atoms with E-state index in [1.54, 1.807) is 0 Å². The molecule has 0 amide bonds. The van der Waals surface area contributed by atoms with Crippen LogP contribution < -0.4 is 226 Å². The van der Waals surface area contributed by atoms with E-state index < -0.39 is 134 Å². The van der Waals surface area contributed by atoms with E-state index in [0.717, 1.165) is 42.5 Å². The summed E-state index contributed by atoms with van der Waals surface area (Å²) in [5.74, 6) is -2.88. The average molecular weight is 1640 g/mol. The molecular formula is C46H36ClN17Na6O24S8. The zero-order valence-electron chi connectivity index (χ0n) is 52.9. The van der Waals surface area contributed by atoms with Crippen LogP contribution in [0.3, 0.4) is 0 Å². The molecule has 0 atom stereocenters. The van der Waals surface area contributed by atoms with Crippen molar-refractivity contribution in [2.45, 2.75) is 29.4 Å². The first kappa shape index (κ1) is 95.4. The topological polar surface area (TPSA) is 638 Å². The monoisotopic (exact) mass is 1640 g/mol. The minimum atomic E-state index is -5.58. The molecule has 0 unspecified atom stereocenters. The summed E-state index contributed by atoms with van der Waals surface area (Å²) in [6.45, 7) is -1.34. The third-order valence-electron chi connectivity index (χ3n) is 11.6. The Hall–Kier alpha value is -2.65. The minimum absolute atomic E-state index is 0. The summed E-state index contributed by atoms with van der Waals surface area (Å²) in [4.78, 5) is 21.6. The third-order valence-corrected chi connectivity index (χ3v) is 19.3. The molecule has 0 fully saturated rings. The Balaban J connectivity index is 0.00000589. The Morgan fingerprint density at radius 1 is 0.441 bits per heavy atom. The first-order valence-electron chi connectivity index (χ1n) is 25.1. The number of anilines is 12. The van der Waals surface area contributed by atoms with Crippen LogP contribution in [0, 0.1) is 0 Å². The molecule has 8 aromatic rings. The fourth-order valence-corrected chi connectivity index (χ4v) is 12.7. The number of benzene rings is 6. The first-order chi connectivity index (χ1) is 45.2. The molecule has 510 valence electrons. The Morgan fingerprint density at radius 2 is 0.873 bits per heavy atom. The molecule has 0 spiro atoms. The van der Waals surface area contributed by atoms with Crippen molar-refractivity contribution in [1.82, 2.24) is 29.9 Å². The van der Waals surface area contributed by atoms with E-state index >= 15 is 0 Å². The Bertz CT molecular complexity index is 5040. The largest absolute Gasteiger partial charge is 1.00 e. The molecule has 2 aromatic heterocycles. The number of hydrogen-bond donors (Lipinski definition) is 7. The summed E-state index contributed by atoms with van der Waals surface area (Å²) in [5.41, 5.74) is 8.62. The van der Waals surface area contributed by atoms with E-state index in [1.807, 2.05) is 0 Å². The van der Waals surface area contributed by atoms with Gasteiger partial charge in [0.2, 0.25) is 45.4 Å². The number of rotatable bonds is 32. The smallest absolute Gasteiger partial charge is 0.744 e. The number of halogens is 1. The van der Waals surface area contributed by atoms with Crippen LogP contribution in [0.5, 0.6) is 0 Å². The number of nitrogens with two attached hydrogens (primary N) is 2. The molecular weight excluding hydrogens is 1600 g/mol. The van der Waals surface area contributed by atoms with Crippen molar-refractivity contribution < 1.29 is 284 Å². The maximum absolute atomic E-state index is 12.9. The van der Waals surface area contributed by atoms with Crippen LogP contribution in [-0.2, 0) is 87.5 Å². The van der Waals surface area contributed by atoms with Crippen molar-refractivity contribution in [2.75, 3.05) is 62.8 Å². The fraction of sp³-hybridized carbons (Fsp3) is 0.0870. The van der Waals surface area contributed by atoms with Crippen molar-refractivity contribution in [3.8, 4) is 0 Å². The maximum Gasteiger partial charge on any atom is 1.00 e. The second-order valence-corrected chi connectivity index (χ2v) is 29.0. The van der Waals surface area contributed by atoms with Gasteiger partial charge in [0.1, 0.15) is 53.1 Å². The normalized spacial score (nSPS) is 11.8. The molecule has 2 heterocycles. The maximum atomic E-state index is 12.9. The van der Waals surface area contributed by atoms with E-state index in [4.69, 9.17) is 27.3 Å². The number of nitrogens with zero attached hydrogens (tertiary/aromatic N) is 10. The van der Waals surface area contributed by atoms with Gasteiger partial charge in [-0.3, -0.25) is 18.4 Å². The number of sulfone groups is 2. The second-order valence-electron chi connectivity index (χ2n) is 18.1. The van der Waals surface area contributed by atoms with Crippen molar-refractivity contribution in [3.63, 3.8) is 0 Å². The van der Waals surface area contributed by atoms with Gasteiger partial charge in [0.05, 0.1) is 77.5 Å². The summed E-state index contributed by atoms with van der Waals surface area (Å²) < 4.78 is 212. The standard InChI is InChI=1S/C46H42ClN17O24S8.6Na/c47-41-55-42(50-24-4-12-30(13-5-24)92(69,70)19-17-84-96(80,81)82)57-43(56-41)53-28-9-15-36(94(74,75)76)33(22-28)62-63-34-23-37(95(77,78)79)39(49)40(38(34)48)64-61-32-21-27(8-14-35(32)89-87-85-65)54-46-59-44(58-45(60-46)52-26-2-1-3-31(20-26)93(71,72)73)51-25-6-10-29(11-7-25)91(67,68)18-16-83-90-88-86-66;;;;;;/h1-15,20-23,65-66H,16-19,48-49H2,(H,71,72,73)(H,74,75,76)(H,77,78,79)(H,80,81,82)(H2,50,53,55,56,57)(H3,51,52,54,58,59,60);;;;;;/q;6*+1/p-6. The van der Waals surface area contributed by atoms with Crippen LogP contribution in [0.2, 0.25) is 5.28 Å². The first-order valence-corrected chi connectivity index (χ1v) is 35.8. The molecule has 0 aliphatic carbocycles. The van der Waals surface area contributed by atoms with Crippen LogP contribution in [0.4, 0.5) is 92.3 Å². The number of aromatic nitrogens is 6. The molecule has 9 N–H and O–H groups in total. The van der Waals surface area contributed by atoms with Gasteiger partial charge in [0, 0.05) is 28.4 Å². The summed E-state index contributed by atoms with van der Waals surface area (Å²) in [7, 11) is -29.2. The zero-order chi connectivity index (χ0) is 69.8. The Kier molecular flexibility index (Phi) is 39.6. The molecule has 102 heavy (non-hydrogen) atoms. The van der Waals surface area contributed by atoms with Crippen LogP contribution in [-0.4, -0.2) is 123 Å². The molecule has 0 saturated carbocycles. The third kappa shape index (κ3) is 28.7. The quantitative estimate of drug-likeness (QED) is 0.00237. The van der Waals surface area contributed by atoms with E-state index in [2.05, 4.69) is 99.9 Å². The van der Waals surface area contributed by atoms with Gasteiger partial charge in [-0.15, -0.1) is 24.8 Å². The second kappa shape index (κ2) is 42.4. The van der Waals surface area contributed by atoms with Crippen molar-refractivity contribution in [1.29, 1.82) is 0 Å². The Labute approximate surface area is 725 Å². The number of nitrogens with one attached hydrogen (secondary N) is 5. The molecule has 0 aliphatic heterocycles. The predicted octanol–water partition coefficient (Wildman–Crippen LogP) is -13.8. The summed E-state index contributed by atoms with van der Waals surface area (Å²) in [6, 6.07) is 21.6. The van der Waals surface area contributed by atoms with Crippen molar-refractivity contribution >= 4 is 189 Å². The van der Waals surface area contributed by atoms with Crippen LogP contribution in [0.15, 0.2) is 165 Å². The van der Waals surface area contributed by atoms with Gasteiger partial charge < -0.3 is 66.8 Å². The molecule has 0 aliphatic rings. The van der Waals surface area contributed by atoms with E-state index in [1.165, 1.54) is 66.7 Å². The zero-order valence-corrected chi connectivity index (χ0v) is 72.2. The average Bonchev–Trinajstić information content (AvgIpc) is 0.781. The summed E-state index contributed by atoms with van der Waals surface area (Å²) in [6.07, 6.45) is 0. The summed E-state index contributed by atoms with van der Waals surface area (Å²) in [5, 5.41) is 56.7. The van der Waals surface area contributed by atoms with Crippen LogP contribution >= 0.6 is 36.0 Å². The molecule has 0 saturated heterocycles. The minimum Gasteiger partial charge on any atom is -0.744 e. The SMILES string of the molecule is Nc1c(N=Nc2cc(Nc3nc(Cl)nc(Nc4ccc(S(=O)(=O)CCOS(=O)(=O)[O-])cc4)n3)ccc2S(=O)(=O)[O-])cc(S(=O)(=O)[O-])c(N)c1N=Nc1cc(Nc2nc(Nc3ccc(S(=O)(=O)CCOSOO[O-])cc3)nc(Nc3cccc(S(=O)(=O)[O-])c3)n2)ccc1SOO[O-].[Na+].[Na+].[Na+].[Na+].[Na+].[Na+]. The number of hydrogen-bond acceptors (Lipinski definition) is 43. The van der Waals surface area contributed by atoms with Gasteiger partial charge in [-0.05, 0) is 121 Å². The van der Waals surface area contributed by atoms with Gasteiger partial charge in [0.15, 0.2) is 32.0 Å². The molecule has 0 bridgehead atoms. The molecule has 8 rings (SSSR count). The van der Waals surface area contributed by atoms with Crippen LogP contribution in [0.25, 0.3) is 0 Å². The van der Waals surface area contributed by atoms with E-state index in [-0.39, 0.29) is 280 Å². The van der Waals surface area contributed by atoms with Gasteiger partial charge in [-0.2, -0.15) is 34.2 Å².